The van der Waals surface area contributed by atoms with Crippen LogP contribution in [0.25, 0.3) is 0 Å². The summed E-state index contributed by atoms with van der Waals surface area (Å²) in [6.07, 6.45) is 2.76. The Morgan fingerprint density at radius 3 is 2.86 bits per heavy atom. The van der Waals surface area contributed by atoms with E-state index >= 15 is 0 Å². The third-order valence-electron chi connectivity index (χ3n) is 4.08. The maximum atomic E-state index is 12.5. The van der Waals surface area contributed by atoms with Crippen molar-refractivity contribution in [1.29, 1.82) is 0 Å². The molecule has 2 saturated heterocycles. The normalized spacial score (nSPS) is 25.7. The molecule has 0 saturated carbocycles. The molecule has 7 heteroatoms. The standard InChI is InChI=1S/C14H20N4O3/c1-8(2)13-16-12(17-21-13)10-4-3-7-18(10)14(20)9-5-6-11(19)15-9/h8-10H,3-7H2,1-2H3,(H,15,19). The number of nitrogens with one attached hydrogen (secondary N) is 1. The number of aromatic nitrogens is 2. The van der Waals surface area contributed by atoms with E-state index in [2.05, 4.69) is 15.5 Å². The first kappa shape index (κ1) is 14.0. The van der Waals surface area contributed by atoms with Crippen molar-refractivity contribution in [3.05, 3.63) is 11.7 Å². The van der Waals surface area contributed by atoms with Crippen LogP contribution in [0.2, 0.25) is 0 Å². The van der Waals surface area contributed by atoms with Gasteiger partial charge in [-0.15, -0.1) is 0 Å². The first-order valence-corrected chi connectivity index (χ1v) is 7.49. The van der Waals surface area contributed by atoms with Crippen molar-refractivity contribution in [3.8, 4) is 0 Å². The molecule has 0 bridgehead atoms. The summed E-state index contributed by atoms with van der Waals surface area (Å²) in [4.78, 5) is 30.0. The molecule has 2 aliphatic rings. The Hall–Kier alpha value is -1.92. The molecular formula is C14H20N4O3. The maximum Gasteiger partial charge on any atom is 0.245 e. The molecule has 2 atom stereocenters. The zero-order chi connectivity index (χ0) is 15.0. The summed E-state index contributed by atoms with van der Waals surface area (Å²) in [5.41, 5.74) is 0. The Morgan fingerprint density at radius 1 is 1.43 bits per heavy atom. The number of nitrogens with zero attached hydrogens (tertiary/aromatic N) is 3. The molecule has 0 aliphatic carbocycles. The van der Waals surface area contributed by atoms with Crippen LogP contribution < -0.4 is 5.32 Å². The lowest BCUT2D eigenvalue weighted by atomic mass is 10.1. The molecule has 21 heavy (non-hydrogen) atoms. The zero-order valence-corrected chi connectivity index (χ0v) is 12.3. The summed E-state index contributed by atoms with van der Waals surface area (Å²) in [5.74, 6) is 1.27. The van der Waals surface area contributed by atoms with Gasteiger partial charge in [0.25, 0.3) is 0 Å². The fourth-order valence-electron chi connectivity index (χ4n) is 2.92. The first-order chi connectivity index (χ1) is 10.1. The second-order valence-electron chi connectivity index (χ2n) is 5.99. The molecule has 2 unspecified atom stereocenters. The molecule has 2 amide bonds. The molecule has 3 rings (SSSR count). The summed E-state index contributed by atoms with van der Waals surface area (Å²) in [5, 5.41) is 6.76. The lowest BCUT2D eigenvalue weighted by Gasteiger charge is -2.25. The van der Waals surface area contributed by atoms with Crippen molar-refractivity contribution in [1.82, 2.24) is 20.4 Å². The summed E-state index contributed by atoms with van der Waals surface area (Å²) in [7, 11) is 0. The molecule has 2 fully saturated rings. The first-order valence-electron chi connectivity index (χ1n) is 7.49. The lowest BCUT2D eigenvalue weighted by Crippen LogP contribution is -2.44. The van der Waals surface area contributed by atoms with E-state index < -0.39 is 6.04 Å². The second kappa shape index (κ2) is 5.46. The number of amides is 2. The van der Waals surface area contributed by atoms with Crippen molar-refractivity contribution in [2.45, 2.75) is 57.5 Å². The lowest BCUT2D eigenvalue weighted by molar-refractivity contribution is -0.135. The highest BCUT2D eigenvalue weighted by Gasteiger charge is 2.38. The average molecular weight is 292 g/mol. The van der Waals surface area contributed by atoms with Gasteiger partial charge in [0.2, 0.25) is 17.7 Å². The van der Waals surface area contributed by atoms with E-state index in [9.17, 15) is 9.59 Å². The van der Waals surface area contributed by atoms with Crippen LogP contribution in [0.3, 0.4) is 0 Å². The van der Waals surface area contributed by atoms with E-state index in [1.165, 1.54) is 0 Å². The predicted octanol–water partition coefficient (Wildman–Crippen LogP) is 1.14. The molecule has 1 aromatic heterocycles. The summed E-state index contributed by atoms with van der Waals surface area (Å²) < 4.78 is 5.24. The van der Waals surface area contributed by atoms with Gasteiger partial charge in [0, 0.05) is 18.9 Å². The molecule has 2 aliphatic heterocycles. The van der Waals surface area contributed by atoms with Gasteiger partial charge in [0.1, 0.15) is 6.04 Å². The number of rotatable bonds is 3. The molecule has 1 aromatic rings. The number of hydrogen-bond donors (Lipinski definition) is 1. The Morgan fingerprint density at radius 2 is 2.24 bits per heavy atom. The SMILES string of the molecule is CC(C)c1nc(C2CCCN2C(=O)C2CCC(=O)N2)no1. The zero-order valence-electron chi connectivity index (χ0n) is 12.3. The number of carbonyl (C=O) groups is 2. The van der Waals surface area contributed by atoms with Crippen molar-refractivity contribution >= 4 is 11.8 Å². The Kier molecular flexibility index (Phi) is 3.65. The third-order valence-corrected chi connectivity index (χ3v) is 4.08. The van der Waals surface area contributed by atoms with Crippen LogP contribution in [-0.4, -0.2) is 39.4 Å². The van der Waals surface area contributed by atoms with Crippen molar-refractivity contribution in [2.24, 2.45) is 0 Å². The van der Waals surface area contributed by atoms with Gasteiger partial charge in [0.05, 0.1) is 6.04 Å². The van der Waals surface area contributed by atoms with Crippen LogP contribution in [0.1, 0.15) is 63.2 Å². The molecule has 0 radical (unpaired) electrons. The quantitative estimate of drug-likeness (QED) is 0.902. The van der Waals surface area contributed by atoms with Crippen molar-refractivity contribution < 1.29 is 14.1 Å². The van der Waals surface area contributed by atoms with Gasteiger partial charge in [-0.3, -0.25) is 9.59 Å². The molecule has 1 N–H and O–H groups in total. The van der Waals surface area contributed by atoms with Crippen molar-refractivity contribution in [3.63, 3.8) is 0 Å². The minimum atomic E-state index is -0.394. The van der Waals surface area contributed by atoms with E-state index in [1.807, 2.05) is 13.8 Å². The van der Waals surface area contributed by atoms with Gasteiger partial charge in [-0.1, -0.05) is 19.0 Å². The number of likely N-dealkylation sites (tertiary alicyclic amines) is 1. The largest absolute Gasteiger partial charge is 0.344 e. The van der Waals surface area contributed by atoms with Gasteiger partial charge in [-0.25, -0.2) is 0 Å². The highest BCUT2D eigenvalue weighted by Crippen LogP contribution is 2.32. The monoisotopic (exact) mass is 292 g/mol. The summed E-state index contributed by atoms with van der Waals surface area (Å²) in [6, 6.07) is -0.527. The van der Waals surface area contributed by atoms with Crippen LogP contribution in [0.15, 0.2) is 4.52 Å². The van der Waals surface area contributed by atoms with Gasteiger partial charge < -0.3 is 14.7 Å². The Balaban J connectivity index is 1.75. The average Bonchev–Trinajstić information content (AvgIpc) is 3.17. The fraction of sp³-hybridized carbons (Fsp3) is 0.714. The van der Waals surface area contributed by atoms with E-state index in [0.717, 1.165) is 12.8 Å². The number of carbonyl (C=O) groups excluding carboxylic acids is 2. The van der Waals surface area contributed by atoms with E-state index in [1.54, 1.807) is 4.90 Å². The van der Waals surface area contributed by atoms with Gasteiger partial charge in [-0.05, 0) is 19.3 Å². The van der Waals surface area contributed by atoms with Crippen LogP contribution >= 0.6 is 0 Å². The molecule has 114 valence electrons. The van der Waals surface area contributed by atoms with Gasteiger partial charge >= 0.3 is 0 Å². The van der Waals surface area contributed by atoms with E-state index in [4.69, 9.17) is 4.52 Å². The maximum absolute atomic E-state index is 12.5. The van der Waals surface area contributed by atoms with E-state index in [-0.39, 0.29) is 23.8 Å². The van der Waals surface area contributed by atoms with Crippen LogP contribution in [-0.2, 0) is 9.59 Å². The molecular weight excluding hydrogens is 272 g/mol. The van der Waals surface area contributed by atoms with Crippen molar-refractivity contribution in [2.75, 3.05) is 6.54 Å². The minimum Gasteiger partial charge on any atom is -0.344 e. The van der Waals surface area contributed by atoms with E-state index in [0.29, 0.717) is 31.1 Å². The van der Waals surface area contributed by atoms with Crippen LogP contribution in [0.5, 0.6) is 0 Å². The topological polar surface area (TPSA) is 88.3 Å². The predicted molar refractivity (Wildman–Crippen MR) is 73.2 cm³/mol. The molecule has 0 aromatic carbocycles. The number of hydrogen-bond acceptors (Lipinski definition) is 5. The second-order valence-corrected chi connectivity index (χ2v) is 5.99. The smallest absolute Gasteiger partial charge is 0.245 e. The summed E-state index contributed by atoms with van der Waals surface area (Å²) >= 11 is 0. The van der Waals surface area contributed by atoms with Crippen LogP contribution in [0, 0.1) is 0 Å². The Bertz CT molecular complexity index is 554. The fourth-order valence-corrected chi connectivity index (χ4v) is 2.92. The Labute approximate surface area is 123 Å². The highest BCUT2D eigenvalue weighted by atomic mass is 16.5. The van der Waals surface area contributed by atoms with Crippen LogP contribution in [0.4, 0.5) is 0 Å². The highest BCUT2D eigenvalue weighted by molar-refractivity contribution is 5.91. The minimum absolute atomic E-state index is 0.0285. The third kappa shape index (κ3) is 2.64. The molecule has 3 heterocycles. The molecule has 0 spiro atoms. The molecule has 7 nitrogen and oxygen atoms in total. The summed E-state index contributed by atoms with van der Waals surface area (Å²) in [6.45, 7) is 4.66. The van der Waals surface area contributed by atoms with Gasteiger partial charge in [-0.2, -0.15) is 4.98 Å². The van der Waals surface area contributed by atoms with Gasteiger partial charge in [0.15, 0.2) is 5.82 Å².